The van der Waals surface area contributed by atoms with Crippen molar-refractivity contribution in [2.24, 2.45) is 10.9 Å². The summed E-state index contributed by atoms with van der Waals surface area (Å²) in [6.07, 6.45) is 2.99. The molecule has 2 rings (SSSR count). The lowest BCUT2D eigenvalue weighted by Gasteiger charge is -2.24. The van der Waals surface area contributed by atoms with Crippen LogP contribution >= 0.6 is 23.2 Å². The maximum Gasteiger partial charge on any atom is 0.193 e. The Morgan fingerprint density at radius 2 is 2.25 bits per heavy atom. The molecule has 1 N–H and O–H groups in total. The number of hydrogen-bond donors (Lipinski definition) is 1. The van der Waals surface area contributed by atoms with Crippen LogP contribution < -0.4 is 5.32 Å². The van der Waals surface area contributed by atoms with Crippen LogP contribution in [0.15, 0.2) is 23.2 Å². The van der Waals surface area contributed by atoms with Gasteiger partial charge in [0.15, 0.2) is 5.96 Å². The molecule has 6 heteroatoms. The van der Waals surface area contributed by atoms with E-state index >= 15 is 0 Å². The van der Waals surface area contributed by atoms with Crippen LogP contribution in [0.4, 0.5) is 0 Å². The third kappa shape index (κ3) is 6.15. The number of hydrogen-bond acceptors (Lipinski definition) is 2. The lowest BCUT2D eigenvalue weighted by atomic mass is 10.1. The van der Waals surface area contributed by atoms with Crippen molar-refractivity contribution in [3.63, 3.8) is 0 Å². The van der Waals surface area contributed by atoms with Crippen LogP contribution in [-0.4, -0.2) is 50.8 Å². The standard InChI is InChI=1S/C18H27Cl2N3O/c1-3-21-18(23(2)12-14-8-10-24-13-14)22-9-4-5-15-6-7-16(19)11-17(15)20/h6-7,11,14H,3-5,8-10,12-13H2,1-2H3,(H,21,22). The quantitative estimate of drug-likeness (QED) is 0.449. The maximum absolute atomic E-state index is 6.21. The molecular formula is C18H27Cl2N3O. The number of nitrogens with one attached hydrogen (secondary N) is 1. The molecule has 1 aromatic rings. The fourth-order valence-corrected chi connectivity index (χ4v) is 3.35. The number of nitrogens with zero attached hydrogens (tertiary/aromatic N) is 2. The molecule has 0 bridgehead atoms. The van der Waals surface area contributed by atoms with Crippen LogP contribution in [-0.2, 0) is 11.2 Å². The average molecular weight is 372 g/mol. The summed E-state index contributed by atoms with van der Waals surface area (Å²) in [6, 6.07) is 5.67. The molecule has 0 spiro atoms. The van der Waals surface area contributed by atoms with E-state index in [2.05, 4.69) is 24.2 Å². The summed E-state index contributed by atoms with van der Waals surface area (Å²) in [4.78, 5) is 6.95. The van der Waals surface area contributed by atoms with Gasteiger partial charge in [0.25, 0.3) is 0 Å². The van der Waals surface area contributed by atoms with E-state index in [1.54, 1.807) is 6.07 Å². The zero-order chi connectivity index (χ0) is 17.4. The third-order valence-corrected chi connectivity index (χ3v) is 4.72. The van der Waals surface area contributed by atoms with E-state index in [4.69, 9.17) is 32.9 Å². The van der Waals surface area contributed by atoms with Crippen LogP contribution in [0, 0.1) is 5.92 Å². The summed E-state index contributed by atoms with van der Waals surface area (Å²) in [7, 11) is 2.09. The predicted molar refractivity (Wildman–Crippen MR) is 102 cm³/mol. The monoisotopic (exact) mass is 371 g/mol. The minimum atomic E-state index is 0.603. The van der Waals surface area contributed by atoms with E-state index < -0.39 is 0 Å². The van der Waals surface area contributed by atoms with Gasteiger partial charge in [-0.05, 0) is 43.9 Å². The number of aryl methyl sites for hydroxylation is 1. The smallest absolute Gasteiger partial charge is 0.193 e. The largest absolute Gasteiger partial charge is 0.381 e. The predicted octanol–water partition coefficient (Wildman–Crippen LogP) is 3.86. The molecule has 1 heterocycles. The Kier molecular flexibility index (Phi) is 8.16. The highest BCUT2D eigenvalue weighted by atomic mass is 35.5. The fourth-order valence-electron chi connectivity index (χ4n) is 2.85. The van der Waals surface area contributed by atoms with Crippen molar-refractivity contribution < 1.29 is 4.74 Å². The van der Waals surface area contributed by atoms with Crippen molar-refractivity contribution in [2.75, 3.05) is 39.9 Å². The van der Waals surface area contributed by atoms with Gasteiger partial charge < -0.3 is 15.0 Å². The van der Waals surface area contributed by atoms with E-state index in [9.17, 15) is 0 Å². The first kappa shape index (κ1) is 19.4. The number of rotatable bonds is 7. The van der Waals surface area contributed by atoms with E-state index in [0.29, 0.717) is 10.9 Å². The molecule has 1 fully saturated rings. The molecule has 1 saturated heterocycles. The van der Waals surface area contributed by atoms with Gasteiger partial charge in [-0.1, -0.05) is 29.3 Å². The van der Waals surface area contributed by atoms with Crippen molar-refractivity contribution >= 4 is 29.2 Å². The second-order valence-corrected chi connectivity index (χ2v) is 7.03. The Balaban J connectivity index is 1.83. The van der Waals surface area contributed by atoms with Crippen molar-refractivity contribution in [1.29, 1.82) is 0 Å². The Bertz CT molecular complexity index is 545. The lowest BCUT2D eigenvalue weighted by molar-refractivity contribution is 0.181. The van der Waals surface area contributed by atoms with Gasteiger partial charge in [-0.2, -0.15) is 0 Å². The highest BCUT2D eigenvalue weighted by Crippen LogP contribution is 2.22. The zero-order valence-electron chi connectivity index (χ0n) is 14.5. The Labute approximate surface area is 155 Å². The highest BCUT2D eigenvalue weighted by molar-refractivity contribution is 6.35. The fraction of sp³-hybridized carbons (Fsp3) is 0.611. The van der Waals surface area contributed by atoms with Gasteiger partial charge in [0.2, 0.25) is 0 Å². The minimum Gasteiger partial charge on any atom is -0.381 e. The first-order valence-electron chi connectivity index (χ1n) is 8.61. The van der Waals surface area contributed by atoms with Crippen molar-refractivity contribution in [3.8, 4) is 0 Å². The molecule has 1 aliphatic rings. The molecule has 0 saturated carbocycles. The summed E-state index contributed by atoms with van der Waals surface area (Å²) < 4.78 is 5.46. The van der Waals surface area contributed by atoms with E-state index in [-0.39, 0.29) is 0 Å². The molecule has 0 radical (unpaired) electrons. The third-order valence-electron chi connectivity index (χ3n) is 4.13. The van der Waals surface area contributed by atoms with Gasteiger partial charge in [0.1, 0.15) is 0 Å². The topological polar surface area (TPSA) is 36.9 Å². The molecule has 134 valence electrons. The van der Waals surface area contributed by atoms with Crippen LogP contribution in [0.5, 0.6) is 0 Å². The molecule has 1 aliphatic heterocycles. The van der Waals surface area contributed by atoms with Gasteiger partial charge in [-0.25, -0.2) is 0 Å². The van der Waals surface area contributed by atoms with Crippen molar-refractivity contribution in [2.45, 2.75) is 26.2 Å². The summed E-state index contributed by atoms with van der Waals surface area (Å²) in [5, 5.41) is 4.77. The van der Waals surface area contributed by atoms with Gasteiger partial charge in [-0.15, -0.1) is 0 Å². The van der Waals surface area contributed by atoms with Crippen LogP contribution in [0.3, 0.4) is 0 Å². The highest BCUT2D eigenvalue weighted by Gasteiger charge is 2.18. The van der Waals surface area contributed by atoms with Crippen LogP contribution in [0.1, 0.15) is 25.3 Å². The van der Waals surface area contributed by atoms with Crippen molar-refractivity contribution in [1.82, 2.24) is 10.2 Å². The Hall–Kier alpha value is -0.970. The van der Waals surface area contributed by atoms with Gasteiger partial charge in [-0.3, -0.25) is 4.99 Å². The maximum atomic E-state index is 6.21. The Morgan fingerprint density at radius 1 is 1.42 bits per heavy atom. The number of guanidine groups is 1. The number of ether oxygens (including phenoxy) is 1. The number of aliphatic imine (C=N–C) groups is 1. The van der Waals surface area contributed by atoms with E-state index in [1.165, 1.54) is 0 Å². The molecular weight excluding hydrogens is 345 g/mol. The normalized spacial score (nSPS) is 18.0. The summed E-state index contributed by atoms with van der Waals surface area (Å²) >= 11 is 12.1. The SMILES string of the molecule is CCNC(=NCCCc1ccc(Cl)cc1Cl)N(C)CC1CCOC1. The minimum absolute atomic E-state index is 0.603. The average Bonchev–Trinajstić information content (AvgIpc) is 3.05. The van der Waals surface area contributed by atoms with Crippen LogP contribution in [0.2, 0.25) is 10.0 Å². The summed E-state index contributed by atoms with van der Waals surface area (Å²) in [6.45, 7) is 6.46. The second-order valence-electron chi connectivity index (χ2n) is 6.19. The summed E-state index contributed by atoms with van der Waals surface area (Å²) in [5.41, 5.74) is 1.12. The number of halogens is 2. The first-order valence-corrected chi connectivity index (χ1v) is 9.37. The van der Waals surface area contributed by atoms with E-state index in [1.807, 2.05) is 12.1 Å². The molecule has 1 unspecified atom stereocenters. The molecule has 4 nitrogen and oxygen atoms in total. The van der Waals surface area contributed by atoms with Gasteiger partial charge >= 0.3 is 0 Å². The Morgan fingerprint density at radius 3 is 2.92 bits per heavy atom. The molecule has 1 atom stereocenters. The summed E-state index contributed by atoms with van der Waals surface area (Å²) in [5.74, 6) is 1.57. The van der Waals surface area contributed by atoms with Gasteiger partial charge in [0, 0.05) is 49.3 Å². The first-order chi connectivity index (χ1) is 11.6. The lowest BCUT2D eigenvalue weighted by Crippen LogP contribution is -2.41. The zero-order valence-corrected chi connectivity index (χ0v) is 16.0. The molecule has 24 heavy (non-hydrogen) atoms. The van der Waals surface area contributed by atoms with Crippen LogP contribution in [0.25, 0.3) is 0 Å². The number of benzene rings is 1. The van der Waals surface area contributed by atoms with E-state index in [0.717, 1.165) is 68.7 Å². The van der Waals surface area contributed by atoms with Crippen molar-refractivity contribution in [3.05, 3.63) is 33.8 Å². The second kappa shape index (κ2) is 10.1. The molecule has 0 amide bonds. The van der Waals surface area contributed by atoms with Gasteiger partial charge in [0.05, 0.1) is 6.61 Å². The molecule has 0 aromatic heterocycles. The molecule has 0 aliphatic carbocycles. The molecule has 1 aromatic carbocycles.